The van der Waals surface area contributed by atoms with E-state index in [0.29, 0.717) is 44.2 Å². The third-order valence-electron chi connectivity index (χ3n) is 6.64. The van der Waals surface area contributed by atoms with Crippen LogP contribution in [0.5, 0.6) is 11.5 Å². The smallest absolute Gasteiger partial charge is 0.295 e. The van der Waals surface area contributed by atoms with Gasteiger partial charge in [0.25, 0.3) is 11.7 Å². The Labute approximate surface area is 212 Å². The number of aliphatic hydroxyl groups is 1. The molecule has 0 aliphatic carbocycles. The first-order chi connectivity index (χ1) is 17.4. The van der Waals surface area contributed by atoms with Crippen LogP contribution < -0.4 is 9.47 Å². The van der Waals surface area contributed by atoms with Gasteiger partial charge in [0.15, 0.2) is 0 Å². The van der Waals surface area contributed by atoms with E-state index < -0.39 is 17.7 Å². The standard InChI is InChI=1S/C28H34N2O6/c1-4-15-36-22-8-5-20(6-9-22)25-24(26(31)21-7-10-23(34-3)19(2)18-21)27(32)28(33)30(25)12-11-29-13-16-35-17-14-29/h5-10,18,25,31H,4,11-17H2,1-3H3/b26-24+. The van der Waals surface area contributed by atoms with Crippen LogP contribution in [-0.4, -0.2) is 79.7 Å². The fraction of sp³-hybridized carbons (Fsp3) is 0.429. The zero-order valence-corrected chi connectivity index (χ0v) is 21.2. The van der Waals surface area contributed by atoms with Gasteiger partial charge in [-0.1, -0.05) is 19.1 Å². The molecule has 36 heavy (non-hydrogen) atoms. The molecule has 192 valence electrons. The molecule has 2 aliphatic heterocycles. The Kier molecular flexibility index (Phi) is 8.28. The van der Waals surface area contributed by atoms with E-state index >= 15 is 0 Å². The molecule has 2 aromatic rings. The van der Waals surface area contributed by atoms with E-state index in [-0.39, 0.29) is 11.3 Å². The number of aliphatic hydroxyl groups excluding tert-OH is 1. The lowest BCUT2D eigenvalue weighted by Gasteiger charge is -2.31. The first-order valence-electron chi connectivity index (χ1n) is 12.4. The molecule has 0 spiro atoms. The number of ether oxygens (including phenoxy) is 3. The number of benzene rings is 2. The highest BCUT2D eigenvalue weighted by molar-refractivity contribution is 6.46. The van der Waals surface area contributed by atoms with Crippen LogP contribution in [0.4, 0.5) is 0 Å². The van der Waals surface area contributed by atoms with Crippen LogP contribution in [0.1, 0.15) is 36.1 Å². The number of hydrogen-bond acceptors (Lipinski definition) is 7. The van der Waals surface area contributed by atoms with E-state index in [4.69, 9.17) is 14.2 Å². The van der Waals surface area contributed by atoms with Gasteiger partial charge < -0.3 is 24.2 Å². The van der Waals surface area contributed by atoms with Crippen LogP contribution >= 0.6 is 0 Å². The van der Waals surface area contributed by atoms with Gasteiger partial charge >= 0.3 is 0 Å². The van der Waals surface area contributed by atoms with Crippen molar-refractivity contribution < 1.29 is 28.9 Å². The molecule has 2 heterocycles. The highest BCUT2D eigenvalue weighted by Gasteiger charge is 2.46. The van der Waals surface area contributed by atoms with Gasteiger partial charge in [-0.05, 0) is 54.8 Å². The highest BCUT2D eigenvalue weighted by atomic mass is 16.5. The summed E-state index contributed by atoms with van der Waals surface area (Å²) in [7, 11) is 1.58. The number of ketones is 1. The maximum atomic E-state index is 13.3. The van der Waals surface area contributed by atoms with Crippen molar-refractivity contribution in [2.45, 2.75) is 26.3 Å². The highest BCUT2D eigenvalue weighted by Crippen LogP contribution is 2.40. The normalized spacial score (nSPS) is 20.1. The molecule has 4 rings (SSSR count). The SMILES string of the molecule is CCCOc1ccc(C2/C(=C(\O)c3ccc(OC)c(C)c3)C(=O)C(=O)N2CCN2CCOCC2)cc1. The number of Topliss-reactive ketones (excluding diaryl/α,β-unsaturated/α-hetero) is 1. The number of rotatable bonds is 9. The molecule has 1 N–H and O–H groups in total. The molecule has 0 saturated carbocycles. The van der Waals surface area contributed by atoms with E-state index in [1.807, 2.05) is 38.1 Å². The summed E-state index contributed by atoms with van der Waals surface area (Å²) < 4.78 is 16.5. The molecule has 8 nitrogen and oxygen atoms in total. The predicted molar refractivity (Wildman–Crippen MR) is 136 cm³/mol. The molecule has 8 heteroatoms. The second kappa shape index (κ2) is 11.6. The summed E-state index contributed by atoms with van der Waals surface area (Å²) in [6.07, 6.45) is 0.894. The Morgan fingerprint density at radius 3 is 2.44 bits per heavy atom. The fourth-order valence-electron chi connectivity index (χ4n) is 4.68. The zero-order chi connectivity index (χ0) is 25.7. The van der Waals surface area contributed by atoms with Crippen molar-refractivity contribution in [3.63, 3.8) is 0 Å². The minimum atomic E-state index is -0.700. The number of hydrogen-bond donors (Lipinski definition) is 1. The Balaban J connectivity index is 1.72. The van der Waals surface area contributed by atoms with Crippen molar-refractivity contribution in [3.8, 4) is 11.5 Å². The molecule has 0 aromatic heterocycles. The maximum absolute atomic E-state index is 13.3. The summed E-state index contributed by atoms with van der Waals surface area (Å²) in [4.78, 5) is 30.3. The van der Waals surface area contributed by atoms with Crippen molar-refractivity contribution in [1.82, 2.24) is 9.80 Å². The minimum absolute atomic E-state index is 0.0915. The van der Waals surface area contributed by atoms with Gasteiger partial charge in [-0.25, -0.2) is 0 Å². The van der Waals surface area contributed by atoms with Crippen LogP contribution in [0, 0.1) is 6.92 Å². The molecule has 2 aliphatic rings. The largest absolute Gasteiger partial charge is 0.507 e. The molecule has 1 amide bonds. The quantitative estimate of drug-likeness (QED) is 0.324. The van der Waals surface area contributed by atoms with Gasteiger partial charge in [-0.15, -0.1) is 0 Å². The number of likely N-dealkylation sites (tertiary alicyclic amines) is 1. The van der Waals surface area contributed by atoms with E-state index in [0.717, 1.165) is 36.4 Å². The maximum Gasteiger partial charge on any atom is 0.295 e. The van der Waals surface area contributed by atoms with Crippen LogP contribution in [0.25, 0.3) is 5.76 Å². The summed E-state index contributed by atoms with van der Waals surface area (Å²) in [5, 5.41) is 11.3. The average Bonchev–Trinajstić information content (AvgIpc) is 3.16. The number of methoxy groups -OCH3 is 1. The molecule has 2 aromatic carbocycles. The predicted octanol–water partition coefficient (Wildman–Crippen LogP) is 3.55. The van der Waals surface area contributed by atoms with Crippen LogP contribution in [0.3, 0.4) is 0 Å². The Bertz CT molecular complexity index is 1120. The van der Waals surface area contributed by atoms with Crippen LogP contribution in [-0.2, 0) is 14.3 Å². The lowest BCUT2D eigenvalue weighted by Crippen LogP contribution is -2.42. The molecular formula is C28H34N2O6. The van der Waals surface area contributed by atoms with Gasteiger partial charge in [0.1, 0.15) is 17.3 Å². The van der Waals surface area contributed by atoms with Gasteiger partial charge in [-0.3, -0.25) is 14.5 Å². The van der Waals surface area contributed by atoms with Gasteiger partial charge in [0.2, 0.25) is 0 Å². The third kappa shape index (κ3) is 5.39. The number of carbonyl (C=O) groups excluding carboxylic acids is 2. The lowest BCUT2D eigenvalue weighted by molar-refractivity contribution is -0.140. The lowest BCUT2D eigenvalue weighted by atomic mass is 9.94. The van der Waals surface area contributed by atoms with Crippen LogP contribution in [0.2, 0.25) is 0 Å². The molecule has 1 atom stereocenters. The topological polar surface area (TPSA) is 88.5 Å². The van der Waals surface area contributed by atoms with Crippen molar-refractivity contribution in [2.24, 2.45) is 0 Å². The zero-order valence-electron chi connectivity index (χ0n) is 21.2. The van der Waals surface area contributed by atoms with Gasteiger partial charge in [-0.2, -0.15) is 0 Å². The molecular weight excluding hydrogens is 460 g/mol. The number of carbonyl (C=O) groups is 2. The second-order valence-corrected chi connectivity index (χ2v) is 9.05. The molecule has 2 fully saturated rings. The molecule has 0 bridgehead atoms. The number of aryl methyl sites for hydroxylation is 1. The monoisotopic (exact) mass is 494 g/mol. The molecule has 2 saturated heterocycles. The first kappa shape index (κ1) is 25.7. The van der Waals surface area contributed by atoms with Crippen molar-refractivity contribution in [2.75, 3.05) is 53.1 Å². The first-order valence-corrected chi connectivity index (χ1v) is 12.4. The van der Waals surface area contributed by atoms with Crippen molar-refractivity contribution in [3.05, 3.63) is 64.7 Å². The van der Waals surface area contributed by atoms with Crippen molar-refractivity contribution >= 4 is 17.4 Å². The fourth-order valence-corrected chi connectivity index (χ4v) is 4.68. The van der Waals surface area contributed by atoms with E-state index in [1.165, 1.54) is 0 Å². The second-order valence-electron chi connectivity index (χ2n) is 9.05. The number of amides is 1. The van der Waals surface area contributed by atoms with Crippen LogP contribution in [0.15, 0.2) is 48.0 Å². The Morgan fingerprint density at radius 1 is 1.08 bits per heavy atom. The van der Waals surface area contributed by atoms with Crippen molar-refractivity contribution in [1.29, 1.82) is 0 Å². The summed E-state index contributed by atoms with van der Waals surface area (Å²) in [5.41, 5.74) is 2.12. The van der Waals surface area contributed by atoms with Gasteiger partial charge in [0, 0.05) is 31.7 Å². The summed E-state index contributed by atoms with van der Waals surface area (Å²) in [6, 6.07) is 11.9. The van der Waals surface area contributed by atoms with E-state index in [9.17, 15) is 14.7 Å². The third-order valence-corrected chi connectivity index (χ3v) is 6.64. The Morgan fingerprint density at radius 2 is 1.81 bits per heavy atom. The summed E-state index contributed by atoms with van der Waals surface area (Å²) >= 11 is 0. The van der Waals surface area contributed by atoms with E-state index in [2.05, 4.69) is 4.90 Å². The van der Waals surface area contributed by atoms with E-state index in [1.54, 1.807) is 30.2 Å². The average molecular weight is 495 g/mol. The summed E-state index contributed by atoms with van der Waals surface area (Å²) in [6.45, 7) is 8.35. The molecule has 1 unspecified atom stereocenters. The number of morpholine rings is 1. The number of nitrogens with zero attached hydrogens (tertiary/aromatic N) is 2. The minimum Gasteiger partial charge on any atom is -0.507 e. The van der Waals surface area contributed by atoms with Gasteiger partial charge in [0.05, 0.1) is 38.5 Å². The summed E-state index contributed by atoms with van der Waals surface area (Å²) in [5.74, 6) is -0.0803. The molecule has 0 radical (unpaired) electrons. The Hall–Kier alpha value is -3.36.